The topological polar surface area (TPSA) is 93.2 Å². The Hall–Kier alpha value is -4.52. The molecule has 32 heavy (non-hydrogen) atoms. The summed E-state index contributed by atoms with van der Waals surface area (Å²) in [4.78, 5) is 32.0. The molecule has 0 saturated heterocycles. The van der Waals surface area contributed by atoms with Crippen molar-refractivity contribution < 1.29 is 14.3 Å². The van der Waals surface area contributed by atoms with Gasteiger partial charge in [0.15, 0.2) is 0 Å². The second kappa shape index (κ2) is 9.53. The highest BCUT2D eigenvalue weighted by Crippen LogP contribution is 2.22. The first-order valence-corrected chi connectivity index (χ1v) is 9.91. The van der Waals surface area contributed by atoms with Gasteiger partial charge < -0.3 is 15.4 Å². The first kappa shape index (κ1) is 20.7. The molecular formula is C25H20N4O3. The lowest BCUT2D eigenvalue weighted by molar-refractivity contribution is -0.131. The quantitative estimate of drug-likeness (QED) is 0.332. The first-order chi connectivity index (χ1) is 15.6. The summed E-state index contributed by atoms with van der Waals surface area (Å²) in [5.41, 5.74) is 3.77. The van der Waals surface area contributed by atoms with Crippen molar-refractivity contribution in [2.24, 2.45) is 0 Å². The molecular weight excluding hydrogens is 404 g/mol. The normalized spacial score (nSPS) is 10.3. The molecule has 3 aromatic carbocycles. The Morgan fingerprint density at radius 3 is 2.19 bits per heavy atom. The molecule has 7 heteroatoms. The minimum atomic E-state index is -0.408. The van der Waals surface area contributed by atoms with E-state index in [1.165, 1.54) is 13.3 Å². The fourth-order valence-electron chi connectivity index (χ4n) is 3.02. The third-order valence-corrected chi connectivity index (χ3v) is 4.53. The number of hydrogen-bond donors (Lipinski definition) is 2. The van der Waals surface area contributed by atoms with Gasteiger partial charge in [-0.25, -0.2) is 9.97 Å². The predicted molar refractivity (Wildman–Crippen MR) is 123 cm³/mol. The van der Waals surface area contributed by atoms with Crippen LogP contribution in [0.3, 0.4) is 0 Å². The molecule has 4 aromatic rings. The number of aromatic nitrogens is 2. The number of carbonyl (C=O) groups excluding carboxylic acids is 2. The second-order valence-electron chi connectivity index (χ2n) is 6.93. The van der Waals surface area contributed by atoms with Gasteiger partial charge in [-0.2, -0.15) is 0 Å². The van der Waals surface area contributed by atoms with Gasteiger partial charge in [0.2, 0.25) is 0 Å². The van der Waals surface area contributed by atoms with E-state index in [0.29, 0.717) is 22.8 Å². The molecule has 0 spiro atoms. The van der Waals surface area contributed by atoms with E-state index in [9.17, 15) is 9.59 Å². The van der Waals surface area contributed by atoms with E-state index in [-0.39, 0.29) is 5.91 Å². The van der Waals surface area contributed by atoms with Crippen LogP contribution in [0, 0.1) is 0 Å². The molecule has 1 aromatic heterocycles. The van der Waals surface area contributed by atoms with Crippen molar-refractivity contribution in [3.63, 3.8) is 0 Å². The molecule has 1 heterocycles. The molecule has 158 valence electrons. The minimum absolute atomic E-state index is 0.261. The van der Waals surface area contributed by atoms with Crippen LogP contribution < -0.4 is 15.4 Å². The Balaban J connectivity index is 1.39. The van der Waals surface area contributed by atoms with Crippen LogP contribution in [0.1, 0.15) is 17.3 Å². The lowest BCUT2D eigenvalue weighted by Gasteiger charge is -2.09. The van der Waals surface area contributed by atoms with E-state index >= 15 is 0 Å². The molecule has 0 unspecified atom stereocenters. The van der Waals surface area contributed by atoms with Crippen molar-refractivity contribution in [2.75, 3.05) is 10.6 Å². The minimum Gasteiger partial charge on any atom is -0.427 e. The molecule has 0 aliphatic rings. The average molecular weight is 424 g/mol. The number of benzene rings is 3. The highest BCUT2D eigenvalue weighted by molar-refractivity contribution is 6.04. The van der Waals surface area contributed by atoms with Gasteiger partial charge >= 0.3 is 5.97 Å². The average Bonchev–Trinajstić information content (AvgIpc) is 2.81. The number of anilines is 3. The van der Waals surface area contributed by atoms with Gasteiger partial charge in [-0.3, -0.25) is 9.59 Å². The number of rotatable bonds is 6. The molecule has 0 aliphatic heterocycles. The van der Waals surface area contributed by atoms with E-state index in [0.717, 1.165) is 16.9 Å². The molecule has 7 nitrogen and oxygen atoms in total. The Morgan fingerprint density at radius 1 is 0.812 bits per heavy atom. The summed E-state index contributed by atoms with van der Waals surface area (Å²) in [6.07, 6.45) is 1.52. The predicted octanol–water partition coefficient (Wildman–Crippen LogP) is 5.06. The summed E-state index contributed by atoms with van der Waals surface area (Å²) in [5, 5.41) is 6.08. The van der Waals surface area contributed by atoms with E-state index in [2.05, 4.69) is 20.6 Å². The second-order valence-corrected chi connectivity index (χ2v) is 6.93. The Kier molecular flexibility index (Phi) is 6.17. The van der Waals surface area contributed by atoms with Gasteiger partial charge in [-0.1, -0.05) is 30.3 Å². The molecule has 0 fully saturated rings. The number of esters is 1. The monoisotopic (exact) mass is 424 g/mol. The van der Waals surface area contributed by atoms with Crippen molar-refractivity contribution in [3.8, 4) is 17.0 Å². The summed E-state index contributed by atoms with van der Waals surface area (Å²) < 4.78 is 4.98. The molecule has 0 aliphatic carbocycles. The Bertz CT molecular complexity index is 1220. The number of ether oxygens (including phenoxy) is 1. The van der Waals surface area contributed by atoms with Gasteiger partial charge in [0, 0.05) is 35.5 Å². The number of amides is 1. The largest absolute Gasteiger partial charge is 0.427 e. The van der Waals surface area contributed by atoms with Crippen LogP contribution in [-0.2, 0) is 4.79 Å². The van der Waals surface area contributed by atoms with Crippen molar-refractivity contribution in [3.05, 3.63) is 96.8 Å². The van der Waals surface area contributed by atoms with Crippen LogP contribution >= 0.6 is 0 Å². The van der Waals surface area contributed by atoms with E-state index in [4.69, 9.17) is 4.74 Å². The SMILES string of the molecule is CC(=O)Oc1ccc(C(=O)Nc2ccc(Nc3cc(-c4ccccc4)ncn3)cc2)cc1. The highest BCUT2D eigenvalue weighted by Gasteiger charge is 2.08. The van der Waals surface area contributed by atoms with E-state index in [1.54, 1.807) is 36.4 Å². The van der Waals surface area contributed by atoms with Gasteiger partial charge in [0.25, 0.3) is 5.91 Å². The smallest absolute Gasteiger partial charge is 0.308 e. The van der Waals surface area contributed by atoms with Crippen LogP contribution in [0.4, 0.5) is 17.2 Å². The number of carbonyl (C=O) groups is 2. The third kappa shape index (κ3) is 5.34. The van der Waals surface area contributed by atoms with Crippen LogP contribution in [0.5, 0.6) is 5.75 Å². The number of nitrogens with one attached hydrogen (secondary N) is 2. The van der Waals surface area contributed by atoms with Crippen LogP contribution in [0.2, 0.25) is 0 Å². The molecule has 0 atom stereocenters. The van der Waals surface area contributed by atoms with E-state index in [1.807, 2.05) is 48.5 Å². The number of hydrogen-bond acceptors (Lipinski definition) is 6. The summed E-state index contributed by atoms with van der Waals surface area (Å²) in [6, 6.07) is 25.4. The zero-order valence-corrected chi connectivity index (χ0v) is 17.3. The van der Waals surface area contributed by atoms with Crippen molar-refractivity contribution in [1.82, 2.24) is 9.97 Å². The van der Waals surface area contributed by atoms with Crippen LogP contribution in [0.25, 0.3) is 11.3 Å². The summed E-state index contributed by atoms with van der Waals surface area (Å²) >= 11 is 0. The molecule has 4 rings (SSSR count). The van der Waals surface area contributed by atoms with Crippen LogP contribution in [-0.4, -0.2) is 21.8 Å². The van der Waals surface area contributed by atoms with Gasteiger partial charge in [0.1, 0.15) is 17.9 Å². The lowest BCUT2D eigenvalue weighted by atomic mass is 10.1. The summed E-state index contributed by atoms with van der Waals surface area (Å²) in [6.45, 7) is 1.33. The zero-order chi connectivity index (χ0) is 22.3. The molecule has 1 amide bonds. The standard InChI is InChI=1S/C25H20N4O3/c1-17(30)32-22-13-7-19(8-14-22)25(31)29-21-11-9-20(10-12-21)28-24-15-23(26-16-27-24)18-5-3-2-4-6-18/h2-16H,1H3,(H,29,31)(H,26,27,28). The first-order valence-electron chi connectivity index (χ1n) is 9.91. The van der Waals surface area contributed by atoms with Crippen molar-refractivity contribution in [1.29, 1.82) is 0 Å². The molecule has 0 saturated carbocycles. The maximum Gasteiger partial charge on any atom is 0.308 e. The fourth-order valence-corrected chi connectivity index (χ4v) is 3.02. The molecule has 0 bridgehead atoms. The van der Waals surface area contributed by atoms with Crippen molar-refractivity contribution in [2.45, 2.75) is 6.92 Å². The third-order valence-electron chi connectivity index (χ3n) is 4.53. The summed E-state index contributed by atoms with van der Waals surface area (Å²) in [7, 11) is 0. The Labute approximate surface area is 185 Å². The fraction of sp³-hybridized carbons (Fsp3) is 0.0400. The van der Waals surface area contributed by atoms with Gasteiger partial charge in [-0.15, -0.1) is 0 Å². The van der Waals surface area contributed by atoms with Crippen molar-refractivity contribution >= 4 is 29.1 Å². The zero-order valence-electron chi connectivity index (χ0n) is 17.3. The highest BCUT2D eigenvalue weighted by atomic mass is 16.5. The maximum atomic E-state index is 12.4. The Morgan fingerprint density at radius 2 is 1.50 bits per heavy atom. The van der Waals surface area contributed by atoms with E-state index < -0.39 is 5.97 Å². The number of nitrogens with zero attached hydrogens (tertiary/aromatic N) is 2. The maximum absolute atomic E-state index is 12.4. The van der Waals surface area contributed by atoms with Crippen LogP contribution in [0.15, 0.2) is 91.3 Å². The molecule has 2 N–H and O–H groups in total. The van der Waals surface area contributed by atoms with Gasteiger partial charge in [-0.05, 0) is 48.5 Å². The summed E-state index contributed by atoms with van der Waals surface area (Å²) in [5.74, 6) is 0.394. The van der Waals surface area contributed by atoms with Gasteiger partial charge in [0.05, 0.1) is 5.69 Å². The lowest BCUT2D eigenvalue weighted by Crippen LogP contribution is -2.12. The molecule has 0 radical (unpaired) electrons.